The molecule has 1 rings (SSSR count). The van der Waals surface area contributed by atoms with E-state index in [0.29, 0.717) is 0 Å². The number of benzene rings is 1. The van der Waals surface area contributed by atoms with Crippen LogP contribution in [-0.2, 0) is 9.59 Å². The number of carbonyl (C=O) groups is 1. The van der Waals surface area contributed by atoms with Crippen molar-refractivity contribution >= 4 is 17.7 Å². The number of rotatable bonds is 5. The number of hydrogen-bond acceptors (Lipinski definition) is 5. The van der Waals surface area contributed by atoms with Crippen LogP contribution in [0, 0.1) is 0 Å². The lowest BCUT2D eigenvalue weighted by molar-refractivity contribution is -0.141. The summed E-state index contributed by atoms with van der Waals surface area (Å²) in [6.45, 7) is 0. The van der Waals surface area contributed by atoms with Gasteiger partial charge in [-0.1, -0.05) is 12.1 Å². The third-order valence-corrected chi connectivity index (χ3v) is 2.13. The standard InChI is InChI=1S/C11H11NO5/c13-6-12-8-3-1-2-7(4-8)11(17)9(14)5-10(15)16/h1-4,9,11,14,17H,5H2,(H,15,16). The van der Waals surface area contributed by atoms with Crippen LogP contribution in [-0.4, -0.2) is 33.5 Å². The molecule has 0 amide bonds. The molecule has 2 unspecified atom stereocenters. The van der Waals surface area contributed by atoms with Gasteiger partial charge in [0.15, 0.2) is 0 Å². The Kier molecular flexibility index (Phi) is 4.54. The quantitative estimate of drug-likeness (QED) is 0.511. The van der Waals surface area contributed by atoms with Gasteiger partial charge in [-0.15, -0.1) is 0 Å². The highest BCUT2D eigenvalue weighted by Crippen LogP contribution is 2.23. The van der Waals surface area contributed by atoms with Crippen molar-refractivity contribution < 1.29 is 24.9 Å². The van der Waals surface area contributed by atoms with Crippen LogP contribution in [0.25, 0.3) is 0 Å². The van der Waals surface area contributed by atoms with Gasteiger partial charge in [0.25, 0.3) is 0 Å². The number of aliphatic hydroxyl groups excluding tert-OH is 2. The molecule has 3 N–H and O–H groups in total. The fourth-order valence-electron chi connectivity index (χ4n) is 1.34. The summed E-state index contributed by atoms with van der Waals surface area (Å²) >= 11 is 0. The molecule has 17 heavy (non-hydrogen) atoms. The summed E-state index contributed by atoms with van der Waals surface area (Å²) in [4.78, 5) is 23.8. The molecular formula is C11H11NO5. The van der Waals surface area contributed by atoms with Crippen LogP contribution in [0.4, 0.5) is 5.69 Å². The predicted octanol–water partition coefficient (Wildman–Crippen LogP) is 0.523. The molecular weight excluding hydrogens is 226 g/mol. The largest absolute Gasteiger partial charge is 0.481 e. The maximum absolute atomic E-state index is 10.4. The summed E-state index contributed by atoms with van der Waals surface area (Å²) in [6, 6.07) is 5.92. The van der Waals surface area contributed by atoms with E-state index < -0.39 is 24.6 Å². The van der Waals surface area contributed by atoms with Crippen molar-refractivity contribution in [3.63, 3.8) is 0 Å². The van der Waals surface area contributed by atoms with Crippen molar-refractivity contribution in [3.05, 3.63) is 29.8 Å². The summed E-state index contributed by atoms with van der Waals surface area (Å²) in [5.74, 6) is -1.21. The monoisotopic (exact) mass is 237 g/mol. The second-order valence-electron chi connectivity index (χ2n) is 3.41. The van der Waals surface area contributed by atoms with Crippen LogP contribution < -0.4 is 0 Å². The number of aliphatic carboxylic acids is 1. The van der Waals surface area contributed by atoms with Gasteiger partial charge in [-0.25, -0.2) is 4.79 Å². The van der Waals surface area contributed by atoms with Crippen LogP contribution in [0.1, 0.15) is 18.1 Å². The van der Waals surface area contributed by atoms with Crippen molar-refractivity contribution in [1.82, 2.24) is 0 Å². The van der Waals surface area contributed by atoms with Gasteiger partial charge in [0, 0.05) is 0 Å². The van der Waals surface area contributed by atoms with Crippen molar-refractivity contribution in [2.75, 3.05) is 0 Å². The minimum absolute atomic E-state index is 0.277. The van der Waals surface area contributed by atoms with Crippen molar-refractivity contribution in [2.24, 2.45) is 4.99 Å². The van der Waals surface area contributed by atoms with Crippen molar-refractivity contribution in [2.45, 2.75) is 18.6 Å². The van der Waals surface area contributed by atoms with Crippen molar-refractivity contribution in [3.8, 4) is 0 Å². The van der Waals surface area contributed by atoms with E-state index >= 15 is 0 Å². The average molecular weight is 237 g/mol. The first-order valence-corrected chi connectivity index (χ1v) is 4.80. The Morgan fingerprint density at radius 3 is 2.71 bits per heavy atom. The highest BCUT2D eigenvalue weighted by atomic mass is 16.4. The van der Waals surface area contributed by atoms with Gasteiger partial charge in [0.05, 0.1) is 18.2 Å². The molecule has 0 radical (unpaired) electrons. The fourth-order valence-corrected chi connectivity index (χ4v) is 1.34. The minimum atomic E-state index is -1.41. The summed E-state index contributed by atoms with van der Waals surface area (Å²) in [7, 11) is 0. The Morgan fingerprint density at radius 2 is 2.12 bits per heavy atom. The smallest absolute Gasteiger partial charge is 0.306 e. The van der Waals surface area contributed by atoms with Crippen LogP contribution in [0.5, 0.6) is 0 Å². The van der Waals surface area contributed by atoms with E-state index in [9.17, 15) is 19.8 Å². The van der Waals surface area contributed by atoms with E-state index in [4.69, 9.17) is 5.11 Å². The van der Waals surface area contributed by atoms with Gasteiger partial charge in [-0.2, -0.15) is 4.99 Å². The van der Waals surface area contributed by atoms with Crippen LogP contribution >= 0.6 is 0 Å². The molecule has 1 aromatic rings. The maximum atomic E-state index is 10.4. The Morgan fingerprint density at radius 1 is 1.41 bits per heavy atom. The molecule has 0 saturated carbocycles. The van der Waals surface area contributed by atoms with Gasteiger partial charge in [0.2, 0.25) is 6.08 Å². The van der Waals surface area contributed by atoms with Crippen molar-refractivity contribution in [1.29, 1.82) is 0 Å². The molecule has 90 valence electrons. The molecule has 0 aliphatic rings. The van der Waals surface area contributed by atoms with Crippen LogP contribution in [0.3, 0.4) is 0 Å². The predicted molar refractivity (Wildman–Crippen MR) is 57.4 cm³/mol. The number of carboxylic acids is 1. The third kappa shape index (κ3) is 3.81. The first-order valence-electron chi connectivity index (χ1n) is 4.80. The van der Waals surface area contributed by atoms with Gasteiger partial charge in [0.1, 0.15) is 6.10 Å². The molecule has 6 heteroatoms. The second-order valence-corrected chi connectivity index (χ2v) is 3.41. The molecule has 0 bridgehead atoms. The van der Waals surface area contributed by atoms with E-state index in [2.05, 4.69) is 4.99 Å². The van der Waals surface area contributed by atoms with Gasteiger partial charge < -0.3 is 15.3 Å². The molecule has 1 aromatic carbocycles. The van der Waals surface area contributed by atoms with E-state index in [1.807, 2.05) is 0 Å². The van der Waals surface area contributed by atoms with E-state index in [0.717, 1.165) is 0 Å². The Bertz CT molecular complexity index is 453. The zero-order valence-corrected chi connectivity index (χ0v) is 8.78. The number of aliphatic imine (C=N–C) groups is 1. The first-order chi connectivity index (χ1) is 8.04. The lowest BCUT2D eigenvalue weighted by Crippen LogP contribution is -2.21. The second kappa shape index (κ2) is 5.91. The third-order valence-electron chi connectivity index (χ3n) is 2.13. The fraction of sp³-hybridized carbons (Fsp3) is 0.273. The SMILES string of the molecule is O=C=Nc1cccc(C(O)C(O)CC(=O)O)c1. The first kappa shape index (κ1) is 13.1. The molecule has 0 heterocycles. The van der Waals surface area contributed by atoms with E-state index in [1.165, 1.54) is 30.3 Å². The molecule has 0 aromatic heterocycles. The van der Waals surface area contributed by atoms with Gasteiger partial charge in [-0.3, -0.25) is 4.79 Å². The molecule has 0 spiro atoms. The lowest BCUT2D eigenvalue weighted by atomic mass is 10.0. The van der Waals surface area contributed by atoms with Crippen LogP contribution in [0.15, 0.2) is 29.3 Å². The topological polar surface area (TPSA) is 107 Å². The maximum Gasteiger partial charge on any atom is 0.306 e. The molecule has 0 fully saturated rings. The van der Waals surface area contributed by atoms with Gasteiger partial charge >= 0.3 is 5.97 Å². The van der Waals surface area contributed by atoms with Gasteiger partial charge in [-0.05, 0) is 17.7 Å². The number of carboxylic acid groups (broad SMARTS) is 1. The van der Waals surface area contributed by atoms with E-state index in [-0.39, 0.29) is 11.3 Å². The molecule has 6 nitrogen and oxygen atoms in total. The molecule has 2 atom stereocenters. The highest BCUT2D eigenvalue weighted by molar-refractivity contribution is 5.67. The minimum Gasteiger partial charge on any atom is -0.481 e. The molecule has 0 aliphatic carbocycles. The molecule has 0 aliphatic heterocycles. The number of aliphatic hydroxyl groups is 2. The van der Waals surface area contributed by atoms with E-state index in [1.54, 1.807) is 0 Å². The summed E-state index contributed by atoms with van der Waals surface area (Å²) in [5.41, 5.74) is 0.564. The summed E-state index contributed by atoms with van der Waals surface area (Å²) < 4.78 is 0. The molecule has 0 saturated heterocycles. The zero-order chi connectivity index (χ0) is 12.8. The summed E-state index contributed by atoms with van der Waals surface area (Å²) in [6.07, 6.45) is -1.97. The number of carbonyl (C=O) groups excluding carboxylic acids is 1. The Hall–Kier alpha value is -2.01. The number of hydrogen-bond donors (Lipinski definition) is 3. The average Bonchev–Trinajstić information content (AvgIpc) is 2.28. The van der Waals surface area contributed by atoms with Crippen LogP contribution in [0.2, 0.25) is 0 Å². The number of nitrogens with zero attached hydrogens (tertiary/aromatic N) is 1. The zero-order valence-electron chi connectivity index (χ0n) is 8.78. The normalized spacial score (nSPS) is 13.5. The Balaban J connectivity index is 2.87. The highest BCUT2D eigenvalue weighted by Gasteiger charge is 2.21. The number of isocyanates is 1. The Labute approximate surface area is 96.9 Å². The summed E-state index contributed by atoms with van der Waals surface area (Å²) in [5, 5.41) is 27.6. The lowest BCUT2D eigenvalue weighted by Gasteiger charge is -2.16.